The molecule has 0 saturated carbocycles. The molecule has 2 saturated heterocycles. The molecule has 2 rings (SSSR count). The molecule has 0 unspecified atom stereocenters. The summed E-state index contributed by atoms with van der Waals surface area (Å²) in [4.78, 5) is 5.22. The van der Waals surface area contributed by atoms with Crippen molar-refractivity contribution in [3.05, 3.63) is 0 Å². The van der Waals surface area contributed by atoms with Crippen LogP contribution in [0.15, 0.2) is 0 Å². The molecule has 118 valence electrons. The van der Waals surface area contributed by atoms with Crippen LogP contribution < -0.4 is 0 Å². The zero-order valence-electron chi connectivity index (χ0n) is 14.5. The van der Waals surface area contributed by atoms with Gasteiger partial charge in [0, 0.05) is 38.3 Å². The SMILES string of the molecule is CC(C)(C)CN1CCC2(CC1)CN(C(C)(C)C)CCO2. The summed E-state index contributed by atoms with van der Waals surface area (Å²) in [5.74, 6) is 0. The van der Waals surface area contributed by atoms with Crippen molar-refractivity contribution in [1.82, 2.24) is 9.80 Å². The fourth-order valence-corrected chi connectivity index (χ4v) is 3.51. The van der Waals surface area contributed by atoms with Crippen molar-refractivity contribution >= 4 is 0 Å². The van der Waals surface area contributed by atoms with E-state index in [0.717, 1.165) is 19.7 Å². The Bertz CT molecular complexity index is 319. The van der Waals surface area contributed by atoms with Crippen LogP contribution in [0.25, 0.3) is 0 Å². The van der Waals surface area contributed by atoms with E-state index < -0.39 is 0 Å². The third-order valence-electron chi connectivity index (χ3n) is 4.66. The van der Waals surface area contributed by atoms with Gasteiger partial charge in [-0.25, -0.2) is 0 Å². The molecule has 2 aliphatic rings. The van der Waals surface area contributed by atoms with Gasteiger partial charge in [0.25, 0.3) is 0 Å². The summed E-state index contributed by atoms with van der Waals surface area (Å²) in [6, 6.07) is 0. The molecular formula is C17H34N2O. The minimum absolute atomic E-state index is 0.125. The van der Waals surface area contributed by atoms with Crippen molar-refractivity contribution < 1.29 is 4.74 Å². The van der Waals surface area contributed by atoms with E-state index in [2.05, 4.69) is 51.3 Å². The topological polar surface area (TPSA) is 15.7 Å². The average Bonchev–Trinajstić information content (AvgIpc) is 2.30. The Labute approximate surface area is 125 Å². The number of hydrogen-bond donors (Lipinski definition) is 0. The fraction of sp³-hybridized carbons (Fsp3) is 1.00. The van der Waals surface area contributed by atoms with Gasteiger partial charge in [0.15, 0.2) is 0 Å². The normalized spacial score (nSPS) is 26.1. The molecule has 0 N–H and O–H groups in total. The zero-order valence-corrected chi connectivity index (χ0v) is 14.5. The van der Waals surface area contributed by atoms with Crippen molar-refractivity contribution in [3.8, 4) is 0 Å². The molecule has 0 aromatic rings. The Balaban J connectivity index is 1.91. The minimum atomic E-state index is 0.125. The molecule has 0 radical (unpaired) electrons. The third-order valence-corrected chi connectivity index (χ3v) is 4.66. The molecule has 0 atom stereocenters. The van der Waals surface area contributed by atoms with Gasteiger partial charge < -0.3 is 9.64 Å². The van der Waals surface area contributed by atoms with E-state index in [4.69, 9.17) is 4.74 Å². The molecule has 2 heterocycles. The first-order valence-electron chi connectivity index (χ1n) is 8.21. The van der Waals surface area contributed by atoms with Gasteiger partial charge in [-0.3, -0.25) is 4.90 Å². The number of hydrogen-bond acceptors (Lipinski definition) is 3. The zero-order chi connectivity index (χ0) is 15.0. The molecule has 0 amide bonds. The van der Waals surface area contributed by atoms with E-state index in [1.807, 2.05) is 0 Å². The van der Waals surface area contributed by atoms with Gasteiger partial charge in [-0.2, -0.15) is 0 Å². The Morgan fingerprint density at radius 3 is 2.05 bits per heavy atom. The molecule has 0 bridgehead atoms. The van der Waals surface area contributed by atoms with Gasteiger partial charge >= 0.3 is 0 Å². The molecule has 2 fully saturated rings. The summed E-state index contributed by atoms with van der Waals surface area (Å²) in [7, 11) is 0. The van der Waals surface area contributed by atoms with Crippen LogP contribution in [0.1, 0.15) is 54.4 Å². The van der Waals surface area contributed by atoms with Gasteiger partial charge in [0.05, 0.1) is 12.2 Å². The maximum absolute atomic E-state index is 6.24. The van der Waals surface area contributed by atoms with Crippen LogP contribution in [-0.4, -0.2) is 60.3 Å². The van der Waals surface area contributed by atoms with Gasteiger partial charge in [-0.15, -0.1) is 0 Å². The molecule has 0 aromatic heterocycles. The van der Waals surface area contributed by atoms with Gasteiger partial charge in [0.1, 0.15) is 0 Å². The lowest BCUT2D eigenvalue weighted by atomic mass is 9.86. The van der Waals surface area contributed by atoms with E-state index >= 15 is 0 Å². The minimum Gasteiger partial charge on any atom is -0.372 e. The van der Waals surface area contributed by atoms with E-state index in [-0.39, 0.29) is 11.1 Å². The molecular weight excluding hydrogens is 248 g/mol. The summed E-state index contributed by atoms with van der Waals surface area (Å²) in [5.41, 5.74) is 0.786. The van der Waals surface area contributed by atoms with Crippen molar-refractivity contribution in [2.75, 3.05) is 39.3 Å². The maximum Gasteiger partial charge on any atom is 0.0834 e. The number of rotatable bonds is 1. The van der Waals surface area contributed by atoms with Crippen LogP contribution >= 0.6 is 0 Å². The number of piperidine rings is 1. The Kier molecular flexibility index (Phi) is 4.54. The highest BCUT2D eigenvalue weighted by molar-refractivity contribution is 4.96. The molecule has 2 aliphatic heterocycles. The first-order chi connectivity index (χ1) is 9.10. The number of morpholine rings is 1. The summed E-state index contributed by atoms with van der Waals surface area (Å²) >= 11 is 0. The van der Waals surface area contributed by atoms with Crippen LogP contribution in [-0.2, 0) is 4.74 Å². The summed E-state index contributed by atoms with van der Waals surface area (Å²) in [5, 5.41) is 0. The standard InChI is InChI=1S/C17H34N2O/c1-15(2,3)13-18-9-7-17(8-10-18)14-19(11-12-20-17)16(4,5)6/h7-14H2,1-6H3. The molecule has 3 nitrogen and oxygen atoms in total. The fourth-order valence-electron chi connectivity index (χ4n) is 3.51. The highest BCUT2D eigenvalue weighted by Gasteiger charge is 2.42. The maximum atomic E-state index is 6.24. The predicted octanol–water partition coefficient (Wildman–Crippen LogP) is 3.00. The monoisotopic (exact) mass is 282 g/mol. The number of ether oxygens (including phenoxy) is 1. The summed E-state index contributed by atoms with van der Waals surface area (Å²) < 4.78 is 6.24. The average molecular weight is 282 g/mol. The Morgan fingerprint density at radius 1 is 0.950 bits per heavy atom. The van der Waals surface area contributed by atoms with Crippen molar-refractivity contribution in [2.24, 2.45) is 5.41 Å². The Hall–Kier alpha value is -0.120. The molecule has 1 spiro atoms. The van der Waals surface area contributed by atoms with E-state index in [1.165, 1.54) is 32.5 Å². The van der Waals surface area contributed by atoms with Crippen molar-refractivity contribution in [2.45, 2.75) is 65.5 Å². The van der Waals surface area contributed by atoms with Crippen molar-refractivity contribution in [1.29, 1.82) is 0 Å². The second kappa shape index (κ2) is 5.58. The molecule has 0 aromatic carbocycles. The van der Waals surface area contributed by atoms with Crippen LogP contribution in [0, 0.1) is 5.41 Å². The first-order valence-corrected chi connectivity index (χ1v) is 8.21. The molecule has 20 heavy (non-hydrogen) atoms. The van der Waals surface area contributed by atoms with Gasteiger partial charge in [-0.1, -0.05) is 20.8 Å². The van der Waals surface area contributed by atoms with Gasteiger partial charge in [0.2, 0.25) is 0 Å². The van der Waals surface area contributed by atoms with Crippen LogP contribution in [0.5, 0.6) is 0 Å². The third kappa shape index (κ3) is 4.19. The van der Waals surface area contributed by atoms with Gasteiger partial charge in [-0.05, 0) is 39.0 Å². The Morgan fingerprint density at radius 2 is 1.55 bits per heavy atom. The van der Waals surface area contributed by atoms with Crippen molar-refractivity contribution in [3.63, 3.8) is 0 Å². The number of likely N-dealkylation sites (tertiary alicyclic amines) is 1. The van der Waals surface area contributed by atoms with E-state index in [9.17, 15) is 0 Å². The highest BCUT2D eigenvalue weighted by Crippen LogP contribution is 2.33. The lowest BCUT2D eigenvalue weighted by molar-refractivity contribution is -0.152. The lowest BCUT2D eigenvalue weighted by Crippen LogP contribution is -2.60. The highest BCUT2D eigenvalue weighted by atomic mass is 16.5. The second-order valence-electron chi connectivity index (χ2n) is 8.96. The largest absolute Gasteiger partial charge is 0.372 e. The van der Waals surface area contributed by atoms with E-state index in [1.54, 1.807) is 0 Å². The summed E-state index contributed by atoms with van der Waals surface area (Å²) in [6.07, 6.45) is 2.38. The predicted molar refractivity (Wildman–Crippen MR) is 85.1 cm³/mol. The lowest BCUT2D eigenvalue weighted by Gasteiger charge is -2.51. The van der Waals surface area contributed by atoms with Crippen LogP contribution in [0.2, 0.25) is 0 Å². The smallest absolute Gasteiger partial charge is 0.0834 e. The molecule has 0 aliphatic carbocycles. The van der Waals surface area contributed by atoms with E-state index in [0.29, 0.717) is 5.41 Å². The quantitative estimate of drug-likeness (QED) is 0.735. The van der Waals surface area contributed by atoms with Crippen LogP contribution in [0.4, 0.5) is 0 Å². The summed E-state index contributed by atoms with van der Waals surface area (Å²) in [6.45, 7) is 20.6. The van der Waals surface area contributed by atoms with Crippen LogP contribution in [0.3, 0.4) is 0 Å². The molecule has 3 heteroatoms. The second-order valence-corrected chi connectivity index (χ2v) is 8.96. The number of nitrogens with zero attached hydrogens (tertiary/aromatic N) is 2. The first kappa shape index (κ1) is 16.3.